The number of ether oxygens (including phenoxy) is 1. The van der Waals surface area contributed by atoms with Crippen LogP contribution in [0.25, 0.3) is 22.4 Å². The number of piperazine rings is 1. The standard InChI is InChI=1S/C23H28N4O/c1-28-16-15-26-11-13-27(14-12-26)18-22-17-24-25-23(22)21-9-7-20(8-10-21)19-5-3-2-4-6-19/h2-10,17H,11-16,18H2,1H3,(H,24,25). The fourth-order valence-electron chi connectivity index (χ4n) is 3.77. The van der Waals surface area contributed by atoms with Crippen LogP contribution in [0.2, 0.25) is 0 Å². The van der Waals surface area contributed by atoms with E-state index in [2.05, 4.69) is 68.5 Å². The Bertz CT molecular complexity index is 852. The summed E-state index contributed by atoms with van der Waals surface area (Å²) in [5, 5.41) is 7.53. The third-order valence-electron chi connectivity index (χ3n) is 5.47. The van der Waals surface area contributed by atoms with E-state index in [0.717, 1.165) is 51.6 Å². The van der Waals surface area contributed by atoms with E-state index in [-0.39, 0.29) is 0 Å². The average Bonchev–Trinajstić information content (AvgIpc) is 3.22. The molecule has 3 aromatic rings. The molecule has 2 aromatic carbocycles. The lowest BCUT2D eigenvalue weighted by Crippen LogP contribution is -2.46. The Kier molecular flexibility index (Phi) is 6.17. The Morgan fingerprint density at radius 1 is 0.857 bits per heavy atom. The maximum Gasteiger partial charge on any atom is 0.0695 e. The van der Waals surface area contributed by atoms with Gasteiger partial charge in [0.25, 0.3) is 0 Å². The third-order valence-corrected chi connectivity index (χ3v) is 5.47. The number of methoxy groups -OCH3 is 1. The molecule has 5 nitrogen and oxygen atoms in total. The van der Waals surface area contributed by atoms with Crippen molar-refractivity contribution in [2.24, 2.45) is 0 Å². The second-order valence-corrected chi connectivity index (χ2v) is 7.32. The molecule has 0 bridgehead atoms. The van der Waals surface area contributed by atoms with Crippen molar-refractivity contribution < 1.29 is 4.74 Å². The summed E-state index contributed by atoms with van der Waals surface area (Å²) in [7, 11) is 1.77. The van der Waals surface area contributed by atoms with Crippen LogP contribution in [-0.4, -0.2) is 66.4 Å². The fourth-order valence-corrected chi connectivity index (χ4v) is 3.77. The molecule has 28 heavy (non-hydrogen) atoms. The maximum absolute atomic E-state index is 5.19. The van der Waals surface area contributed by atoms with E-state index in [0.29, 0.717) is 0 Å². The quantitative estimate of drug-likeness (QED) is 0.685. The maximum atomic E-state index is 5.19. The molecule has 1 N–H and O–H groups in total. The lowest BCUT2D eigenvalue weighted by atomic mass is 10.0. The van der Waals surface area contributed by atoms with E-state index >= 15 is 0 Å². The molecular formula is C23H28N4O. The van der Waals surface area contributed by atoms with Crippen LogP contribution in [0.15, 0.2) is 60.8 Å². The molecule has 1 aliphatic heterocycles. The molecule has 1 aromatic heterocycles. The molecule has 0 amide bonds. The van der Waals surface area contributed by atoms with Crippen molar-refractivity contribution in [3.63, 3.8) is 0 Å². The highest BCUT2D eigenvalue weighted by molar-refractivity contribution is 5.69. The zero-order chi connectivity index (χ0) is 19.2. The first-order valence-corrected chi connectivity index (χ1v) is 9.95. The largest absolute Gasteiger partial charge is 0.383 e. The first-order valence-electron chi connectivity index (χ1n) is 9.95. The van der Waals surface area contributed by atoms with E-state index in [9.17, 15) is 0 Å². The van der Waals surface area contributed by atoms with Crippen molar-refractivity contribution in [2.45, 2.75) is 6.54 Å². The minimum atomic E-state index is 0.810. The molecule has 0 radical (unpaired) electrons. The van der Waals surface area contributed by atoms with Gasteiger partial charge in [0, 0.05) is 51.9 Å². The van der Waals surface area contributed by atoms with Crippen molar-refractivity contribution >= 4 is 0 Å². The predicted molar refractivity (Wildman–Crippen MR) is 113 cm³/mol. The number of rotatable bonds is 7. The highest BCUT2D eigenvalue weighted by atomic mass is 16.5. The van der Waals surface area contributed by atoms with Gasteiger partial charge in [0.05, 0.1) is 18.5 Å². The van der Waals surface area contributed by atoms with Gasteiger partial charge in [0.2, 0.25) is 0 Å². The molecular weight excluding hydrogens is 348 g/mol. The van der Waals surface area contributed by atoms with E-state index < -0.39 is 0 Å². The van der Waals surface area contributed by atoms with Gasteiger partial charge in [-0.25, -0.2) is 0 Å². The molecule has 1 fully saturated rings. The number of H-pyrrole nitrogens is 1. The Hall–Kier alpha value is -2.47. The van der Waals surface area contributed by atoms with Gasteiger partial charge in [0.1, 0.15) is 0 Å². The Morgan fingerprint density at radius 2 is 1.50 bits per heavy atom. The van der Waals surface area contributed by atoms with Gasteiger partial charge < -0.3 is 4.74 Å². The van der Waals surface area contributed by atoms with E-state index in [1.165, 1.54) is 22.3 Å². The van der Waals surface area contributed by atoms with E-state index in [1.807, 2.05) is 12.3 Å². The van der Waals surface area contributed by atoms with Gasteiger partial charge >= 0.3 is 0 Å². The number of benzene rings is 2. The number of hydrogen-bond donors (Lipinski definition) is 1. The normalized spacial score (nSPS) is 15.8. The second kappa shape index (κ2) is 9.15. The molecule has 0 saturated carbocycles. The predicted octanol–water partition coefficient (Wildman–Crippen LogP) is 3.51. The molecule has 0 atom stereocenters. The molecule has 4 rings (SSSR count). The SMILES string of the molecule is COCCN1CCN(Cc2cn[nH]c2-c2ccc(-c3ccccc3)cc2)CC1. The highest BCUT2D eigenvalue weighted by Crippen LogP contribution is 2.26. The zero-order valence-electron chi connectivity index (χ0n) is 16.5. The van der Waals surface area contributed by atoms with Gasteiger partial charge in [-0.3, -0.25) is 14.9 Å². The number of aromatic amines is 1. The zero-order valence-corrected chi connectivity index (χ0v) is 16.5. The van der Waals surface area contributed by atoms with E-state index in [4.69, 9.17) is 4.74 Å². The topological polar surface area (TPSA) is 44.4 Å². The summed E-state index contributed by atoms with van der Waals surface area (Å²) in [6, 6.07) is 19.2. The third kappa shape index (κ3) is 4.50. The summed E-state index contributed by atoms with van der Waals surface area (Å²) in [5.41, 5.74) is 6.05. The Labute approximate surface area is 166 Å². The van der Waals surface area contributed by atoms with Crippen molar-refractivity contribution in [1.29, 1.82) is 0 Å². The van der Waals surface area contributed by atoms with Gasteiger partial charge in [-0.1, -0.05) is 54.6 Å². The molecule has 2 heterocycles. The van der Waals surface area contributed by atoms with Gasteiger partial charge in [0.15, 0.2) is 0 Å². The average molecular weight is 377 g/mol. The van der Waals surface area contributed by atoms with Gasteiger partial charge in [-0.2, -0.15) is 5.10 Å². The lowest BCUT2D eigenvalue weighted by Gasteiger charge is -2.34. The molecule has 0 spiro atoms. The second-order valence-electron chi connectivity index (χ2n) is 7.32. The highest BCUT2D eigenvalue weighted by Gasteiger charge is 2.18. The van der Waals surface area contributed by atoms with Crippen LogP contribution in [0, 0.1) is 0 Å². The molecule has 146 valence electrons. The molecule has 1 saturated heterocycles. The smallest absolute Gasteiger partial charge is 0.0695 e. The van der Waals surface area contributed by atoms with Crippen LogP contribution in [0.1, 0.15) is 5.56 Å². The summed E-state index contributed by atoms with van der Waals surface area (Å²) in [6.07, 6.45) is 1.97. The minimum absolute atomic E-state index is 0.810. The molecule has 0 aliphatic carbocycles. The number of aromatic nitrogens is 2. The van der Waals surface area contributed by atoms with Crippen LogP contribution >= 0.6 is 0 Å². The lowest BCUT2D eigenvalue weighted by molar-refractivity contribution is 0.0939. The van der Waals surface area contributed by atoms with Crippen molar-refractivity contribution in [3.05, 3.63) is 66.4 Å². The first-order chi connectivity index (χ1) is 13.8. The fraction of sp³-hybridized carbons (Fsp3) is 0.348. The van der Waals surface area contributed by atoms with Crippen LogP contribution < -0.4 is 0 Å². The Morgan fingerprint density at radius 3 is 2.21 bits per heavy atom. The van der Waals surface area contributed by atoms with Gasteiger partial charge in [-0.15, -0.1) is 0 Å². The molecule has 1 aliphatic rings. The van der Waals surface area contributed by atoms with Gasteiger partial charge in [-0.05, 0) is 16.7 Å². The van der Waals surface area contributed by atoms with Crippen molar-refractivity contribution in [1.82, 2.24) is 20.0 Å². The number of nitrogens with one attached hydrogen (secondary N) is 1. The van der Waals surface area contributed by atoms with Crippen molar-refractivity contribution in [2.75, 3.05) is 46.4 Å². The summed E-state index contributed by atoms with van der Waals surface area (Å²) in [5.74, 6) is 0. The van der Waals surface area contributed by atoms with Crippen LogP contribution in [0.4, 0.5) is 0 Å². The van der Waals surface area contributed by atoms with Crippen molar-refractivity contribution in [3.8, 4) is 22.4 Å². The summed E-state index contributed by atoms with van der Waals surface area (Å²) in [6.45, 7) is 7.14. The van der Waals surface area contributed by atoms with Crippen LogP contribution in [0.5, 0.6) is 0 Å². The molecule has 0 unspecified atom stereocenters. The monoisotopic (exact) mass is 376 g/mol. The molecule has 5 heteroatoms. The Balaban J connectivity index is 1.41. The number of hydrogen-bond acceptors (Lipinski definition) is 4. The summed E-state index contributed by atoms with van der Waals surface area (Å²) >= 11 is 0. The summed E-state index contributed by atoms with van der Waals surface area (Å²) < 4.78 is 5.19. The summed E-state index contributed by atoms with van der Waals surface area (Å²) in [4.78, 5) is 4.98. The van der Waals surface area contributed by atoms with Crippen LogP contribution in [-0.2, 0) is 11.3 Å². The first kappa shape index (κ1) is 18.9. The van der Waals surface area contributed by atoms with Crippen LogP contribution in [0.3, 0.4) is 0 Å². The van der Waals surface area contributed by atoms with E-state index in [1.54, 1.807) is 7.11 Å². The number of nitrogens with zero attached hydrogens (tertiary/aromatic N) is 3. The minimum Gasteiger partial charge on any atom is -0.383 e.